The molecule has 12 rings (SSSR count). The maximum absolute atomic E-state index is 14.0. The first kappa shape index (κ1) is 102. The number of aromatic nitrogens is 3. The number of anilines is 2. The molecule has 1 aliphatic carbocycles. The maximum atomic E-state index is 14.0. The van der Waals surface area contributed by atoms with Crippen molar-refractivity contribution in [3.8, 4) is 50.3 Å². The van der Waals surface area contributed by atoms with Gasteiger partial charge in [0.2, 0.25) is 35.4 Å². The van der Waals surface area contributed by atoms with Crippen molar-refractivity contribution < 1.29 is 77.0 Å². The number of pyridine rings is 1. The number of carbonyl (C=O) groups excluding carboxylic acids is 8. The number of carbonyl (C=O) groups is 8. The van der Waals surface area contributed by atoms with Gasteiger partial charge in [-0.3, -0.25) is 43.3 Å². The molecule has 30 nitrogen and oxygen atoms in total. The minimum Gasteiger partial charge on any atom is -0.494 e. The molecule has 5 aromatic carbocycles. The molecule has 1 saturated carbocycles. The molecule has 3 saturated heterocycles. The lowest BCUT2D eigenvalue weighted by Crippen LogP contribution is -2.74. The number of nitrogens with one attached hydrogen (secondary N) is 5. The molecular formula is C98H118Cl2N14O16S3. The summed E-state index contributed by atoms with van der Waals surface area (Å²) in [6, 6.07) is 36.6. The fourth-order valence-corrected chi connectivity index (χ4v) is 19.5. The molecule has 6 heterocycles. The summed E-state index contributed by atoms with van der Waals surface area (Å²) in [4.78, 5) is 128. The van der Waals surface area contributed by atoms with Crippen LogP contribution in [0.1, 0.15) is 172 Å². The van der Waals surface area contributed by atoms with Crippen LogP contribution >= 0.6 is 58.1 Å². The number of halogens is 2. The summed E-state index contributed by atoms with van der Waals surface area (Å²) >= 11 is 21.3. The molecular weight excluding hydrogens is 1800 g/mol. The van der Waals surface area contributed by atoms with Crippen LogP contribution in [0.2, 0.25) is 10.0 Å². The molecule has 8 aromatic rings. The zero-order valence-corrected chi connectivity index (χ0v) is 81.4. The molecule has 4 aliphatic rings. The fraction of sp³-hybridized carbons (Fsp3) is 0.469. The minimum absolute atomic E-state index is 0.0166. The number of unbranched alkanes of at least 4 members (excludes halogenated alkanes) is 2. The minimum atomic E-state index is -0.996. The van der Waals surface area contributed by atoms with Gasteiger partial charge in [-0.1, -0.05) is 141 Å². The van der Waals surface area contributed by atoms with Crippen LogP contribution in [0.25, 0.3) is 20.9 Å². The van der Waals surface area contributed by atoms with Crippen molar-refractivity contribution in [2.45, 2.75) is 209 Å². The lowest BCUT2D eigenvalue weighted by molar-refractivity contribution is -0.164. The smallest absolute Gasteiger partial charge is 0.259 e. The first-order valence-corrected chi connectivity index (χ1v) is 47.2. The Kier molecular flexibility index (Phi) is 34.9. The number of hydrogen-bond donors (Lipinski definition) is 7. The van der Waals surface area contributed by atoms with Crippen LogP contribution in [-0.2, 0) is 60.9 Å². The zero-order chi connectivity index (χ0) is 96.4. The number of ether oxygens (including phenoxy) is 6. The van der Waals surface area contributed by atoms with Crippen LogP contribution in [-0.4, -0.2) is 207 Å². The van der Waals surface area contributed by atoms with Crippen LogP contribution in [0.15, 0.2) is 139 Å². The van der Waals surface area contributed by atoms with Gasteiger partial charge in [-0.15, -0.1) is 22.7 Å². The van der Waals surface area contributed by atoms with E-state index in [9.17, 15) is 59.1 Å². The van der Waals surface area contributed by atoms with Gasteiger partial charge in [-0.25, -0.2) is 15.0 Å². The average molecular weight is 1920 g/mol. The quantitative estimate of drug-likeness (QED) is 0.0140. The first-order chi connectivity index (χ1) is 63.1. The van der Waals surface area contributed by atoms with Crippen LogP contribution in [0, 0.1) is 58.2 Å². The maximum Gasteiger partial charge on any atom is 0.259 e. The highest BCUT2D eigenvalue weighted by atomic mass is 35.5. The van der Waals surface area contributed by atoms with Crippen molar-refractivity contribution in [3.05, 3.63) is 188 Å². The summed E-state index contributed by atoms with van der Waals surface area (Å²) < 4.78 is 35.2. The topological polar surface area (TPSA) is 392 Å². The van der Waals surface area contributed by atoms with Crippen molar-refractivity contribution in [2.75, 3.05) is 75.7 Å². The Bertz CT molecular complexity index is 5520. The van der Waals surface area contributed by atoms with E-state index in [0.717, 1.165) is 56.2 Å². The Hall–Kier alpha value is -11.1. The van der Waals surface area contributed by atoms with Crippen LogP contribution in [0.3, 0.4) is 0 Å². The number of benzene rings is 5. The van der Waals surface area contributed by atoms with E-state index in [1.54, 1.807) is 83.9 Å². The third kappa shape index (κ3) is 25.9. The third-order valence-corrected chi connectivity index (χ3v) is 26.8. The Labute approximate surface area is 800 Å². The van der Waals surface area contributed by atoms with E-state index in [0.29, 0.717) is 97.1 Å². The average Bonchev–Trinajstić information content (AvgIpc) is 1.36. The van der Waals surface area contributed by atoms with Crippen molar-refractivity contribution >= 4 is 122 Å². The highest BCUT2D eigenvalue weighted by Gasteiger charge is 2.64. The Morgan fingerprint density at radius 1 is 0.571 bits per heavy atom. The van der Waals surface area contributed by atoms with Gasteiger partial charge in [-0.05, 0) is 172 Å². The molecule has 7 N–H and O–H groups in total. The van der Waals surface area contributed by atoms with E-state index in [-0.39, 0.29) is 110 Å². The second kappa shape index (κ2) is 45.3. The van der Waals surface area contributed by atoms with Crippen molar-refractivity contribution in [1.82, 2.24) is 51.3 Å². The Morgan fingerprint density at radius 3 is 1.47 bits per heavy atom. The number of nitriles is 2. The van der Waals surface area contributed by atoms with E-state index < -0.39 is 87.2 Å². The van der Waals surface area contributed by atoms with Crippen molar-refractivity contribution in [2.24, 2.45) is 21.7 Å². The molecule has 0 radical (unpaired) electrons. The molecule has 0 bridgehead atoms. The number of nitrogens with zero attached hydrogens (tertiary/aromatic N) is 9. The molecule has 0 unspecified atom stereocenters. The van der Waals surface area contributed by atoms with Crippen LogP contribution in [0.4, 0.5) is 11.4 Å². The molecule has 6 atom stereocenters. The second-order valence-corrected chi connectivity index (χ2v) is 40.2. The van der Waals surface area contributed by atoms with Gasteiger partial charge in [0.25, 0.3) is 11.8 Å². The van der Waals surface area contributed by atoms with Gasteiger partial charge < -0.3 is 79.9 Å². The van der Waals surface area contributed by atoms with Gasteiger partial charge in [0.05, 0.1) is 85.1 Å². The van der Waals surface area contributed by atoms with Gasteiger partial charge >= 0.3 is 0 Å². The van der Waals surface area contributed by atoms with Gasteiger partial charge in [0, 0.05) is 99.6 Å². The lowest BCUT2D eigenvalue weighted by atomic mass is 9.49. The van der Waals surface area contributed by atoms with Crippen LogP contribution < -0.4 is 50.6 Å². The number of aryl methyl sites for hydroxylation is 2. The standard InChI is InChI=1S/C50H61ClN6O8S.C48H57ClN8O8S2/c1-30-41(66-29-54-30)32-13-11-31(12-14-32)26-53-44(61)39-23-35(58)27-57(39)45(62)42(48(2,3)4)55-40(59)28-63-21-9-10-22-64-36-18-15-33(16-19-36)43(60)56-46-49(5,6)47(50(46,7)8)65-37-20-17-34(25-52)38(51)24-37;1-30-41(67-29-53-30)32-12-10-31(11-13-32)25-52-43(60)39-23-35(58)27-55(39)44(61)42(47(2,3)4)54-40(59)28-64-20-9-19-63-18-7-8-21-65-36-16-14-33(15-17-36)57-46(66)56(45(62)48(57,5)6)34-22-37(49)38(24-50)51-26-34/h11-20,24,29,35,39,42,46-47,58H,9-10,21-23,26-28H2,1-8H3,(H,53,61)(H,55,59)(H,56,60);10-17,22,26,29,35,39,42,58H,7-9,18-21,23,25,27-28H2,1-6H3,(H,52,60)(H,54,59)/t35-,39+,42-,46?,47?;35-,39+,42-/m11/s1. The summed E-state index contributed by atoms with van der Waals surface area (Å²) in [5.74, 6) is -1.17. The number of thiazole rings is 2. The summed E-state index contributed by atoms with van der Waals surface area (Å²) in [6.45, 7) is 29.1. The van der Waals surface area contributed by atoms with E-state index in [1.165, 1.54) is 27.0 Å². The van der Waals surface area contributed by atoms with Gasteiger partial charge in [0.1, 0.15) is 78.4 Å². The number of hydrogen-bond acceptors (Lipinski definition) is 24. The first-order valence-electron chi connectivity index (χ1n) is 44.3. The molecule has 35 heteroatoms. The summed E-state index contributed by atoms with van der Waals surface area (Å²) in [5.41, 5.74) is 8.25. The molecule has 0 spiro atoms. The molecule has 3 aromatic heterocycles. The highest BCUT2D eigenvalue weighted by Crippen LogP contribution is 2.56. The number of likely N-dealkylation sites (tertiary alicyclic amines) is 2. The summed E-state index contributed by atoms with van der Waals surface area (Å²) in [7, 11) is 0. The van der Waals surface area contributed by atoms with Crippen molar-refractivity contribution in [1.29, 1.82) is 10.5 Å². The van der Waals surface area contributed by atoms with E-state index in [2.05, 4.69) is 75.3 Å². The van der Waals surface area contributed by atoms with E-state index in [1.807, 2.05) is 145 Å². The highest BCUT2D eigenvalue weighted by molar-refractivity contribution is 7.81. The second-order valence-electron chi connectivity index (χ2n) is 37.3. The van der Waals surface area contributed by atoms with Gasteiger partial charge in [-0.2, -0.15) is 10.5 Å². The lowest BCUT2D eigenvalue weighted by Gasteiger charge is -2.63. The molecule has 4 fully saturated rings. The largest absolute Gasteiger partial charge is 0.494 e. The predicted octanol–water partition coefficient (Wildman–Crippen LogP) is 13.6. The molecule has 3 aliphatic heterocycles. The van der Waals surface area contributed by atoms with E-state index in [4.69, 9.17) is 63.8 Å². The Morgan fingerprint density at radius 2 is 1.02 bits per heavy atom. The van der Waals surface area contributed by atoms with Gasteiger partial charge in [0.15, 0.2) is 10.8 Å². The molecule has 708 valence electrons. The monoisotopic (exact) mass is 1910 g/mol. The SMILES string of the molecule is Cc1ncsc1-c1ccc(CNC(=O)[C@@H]2C[C@@H](O)CN2C(=O)[C@@H](NC(=O)COCCCCOc2ccc(C(=O)NC3C(C)(C)C(Oc4ccc(C#N)c(Cl)c4)C3(C)C)cc2)C(C)(C)C)cc1.Cc1ncsc1-c1ccc(CNC(=O)[C@@H]2C[C@@H](O)CN2C(=O)[C@@H](NC(=O)COCCCOCCCCOc2ccc(N3C(=S)N(c4cnc(C#N)c(Cl)c4)C(=O)C3(C)C)cc2)C(C)(C)C)cc1. The van der Waals surface area contributed by atoms with E-state index >= 15 is 0 Å². The fourth-order valence-electron chi connectivity index (χ4n) is 16.9. The number of aliphatic hydroxyl groups excluding tert-OH is 2. The summed E-state index contributed by atoms with van der Waals surface area (Å²) in [5, 5.41) is 54.9. The zero-order valence-electron chi connectivity index (χ0n) is 77.4. The number of aliphatic hydroxyl groups is 2. The number of β-amino-alcohol motifs (C(OH)–C–C–N with tert-alkyl or cyclic N) is 2. The number of thiocarbonyl (C=S) groups is 1. The summed E-state index contributed by atoms with van der Waals surface area (Å²) in [6.07, 6.45) is 2.98. The third-order valence-electron chi connectivity index (χ3n) is 23.9. The predicted molar refractivity (Wildman–Crippen MR) is 513 cm³/mol. The van der Waals surface area contributed by atoms with Crippen LogP contribution in [0.5, 0.6) is 17.2 Å². The number of rotatable bonds is 38. The Balaban J connectivity index is 0.000000256. The molecule has 133 heavy (non-hydrogen) atoms. The normalized spacial score (nSPS) is 18.7. The number of amides is 8. The van der Waals surface area contributed by atoms with Crippen molar-refractivity contribution in [3.63, 3.8) is 0 Å². The molecule has 8 amide bonds.